The van der Waals surface area contributed by atoms with Gasteiger partial charge in [-0.15, -0.1) is 22.0 Å². The van der Waals surface area contributed by atoms with Crippen LogP contribution in [0.15, 0.2) is 24.3 Å². The Labute approximate surface area is 136 Å². The SMILES string of the molecule is O=C(CSCc1cccc(Cl)c1)Nc1nnc(C2CC2)s1. The van der Waals surface area contributed by atoms with Crippen molar-refractivity contribution in [3.63, 3.8) is 0 Å². The molecule has 0 atom stereocenters. The molecule has 110 valence electrons. The first-order chi connectivity index (χ1) is 10.2. The molecule has 0 saturated heterocycles. The topological polar surface area (TPSA) is 54.9 Å². The Morgan fingerprint density at radius 3 is 3.05 bits per heavy atom. The van der Waals surface area contributed by atoms with Crippen LogP contribution < -0.4 is 5.32 Å². The normalized spacial score (nSPS) is 14.1. The lowest BCUT2D eigenvalue weighted by Gasteiger charge is -2.02. The molecule has 1 aromatic heterocycles. The molecule has 2 aromatic rings. The van der Waals surface area contributed by atoms with E-state index in [0.717, 1.165) is 21.3 Å². The number of benzene rings is 1. The maximum atomic E-state index is 11.8. The number of nitrogens with zero attached hydrogens (tertiary/aromatic N) is 2. The molecule has 1 amide bonds. The van der Waals surface area contributed by atoms with Crippen LogP contribution in [0.5, 0.6) is 0 Å². The summed E-state index contributed by atoms with van der Waals surface area (Å²) in [6.45, 7) is 0. The van der Waals surface area contributed by atoms with Crippen molar-refractivity contribution >= 4 is 45.7 Å². The molecule has 0 radical (unpaired) electrons. The van der Waals surface area contributed by atoms with E-state index >= 15 is 0 Å². The highest BCUT2D eigenvalue weighted by atomic mass is 35.5. The smallest absolute Gasteiger partial charge is 0.236 e. The van der Waals surface area contributed by atoms with Gasteiger partial charge in [-0.3, -0.25) is 10.1 Å². The zero-order valence-electron chi connectivity index (χ0n) is 11.2. The van der Waals surface area contributed by atoms with Gasteiger partial charge < -0.3 is 0 Å². The Morgan fingerprint density at radius 1 is 1.43 bits per heavy atom. The number of hydrogen-bond donors (Lipinski definition) is 1. The van der Waals surface area contributed by atoms with Crippen molar-refractivity contribution < 1.29 is 4.79 Å². The minimum absolute atomic E-state index is 0.0412. The van der Waals surface area contributed by atoms with E-state index in [1.54, 1.807) is 11.8 Å². The van der Waals surface area contributed by atoms with Crippen LogP contribution in [0, 0.1) is 0 Å². The van der Waals surface area contributed by atoms with Crippen LogP contribution in [0.3, 0.4) is 0 Å². The molecule has 1 fully saturated rings. The number of anilines is 1. The van der Waals surface area contributed by atoms with E-state index in [2.05, 4.69) is 15.5 Å². The molecule has 1 N–H and O–H groups in total. The number of amides is 1. The molecule has 0 unspecified atom stereocenters. The van der Waals surface area contributed by atoms with Crippen molar-refractivity contribution in [2.45, 2.75) is 24.5 Å². The minimum atomic E-state index is -0.0412. The van der Waals surface area contributed by atoms with Crippen LogP contribution in [0.1, 0.15) is 29.3 Å². The standard InChI is InChI=1S/C14H14ClN3OS2/c15-11-3-1-2-9(6-11)7-20-8-12(19)16-14-18-17-13(21-14)10-4-5-10/h1-3,6,10H,4-5,7-8H2,(H,16,18,19). The van der Waals surface area contributed by atoms with Gasteiger partial charge in [0.05, 0.1) is 5.75 Å². The van der Waals surface area contributed by atoms with Gasteiger partial charge in [0.15, 0.2) is 0 Å². The zero-order chi connectivity index (χ0) is 14.7. The number of carbonyl (C=O) groups excluding carboxylic acids is 1. The van der Waals surface area contributed by atoms with Gasteiger partial charge in [-0.2, -0.15) is 0 Å². The number of carbonyl (C=O) groups is 1. The van der Waals surface area contributed by atoms with Crippen LogP contribution in [0.2, 0.25) is 5.02 Å². The fourth-order valence-electron chi connectivity index (χ4n) is 1.82. The predicted octanol–water partition coefficient (Wildman–Crippen LogP) is 3.94. The van der Waals surface area contributed by atoms with Crippen LogP contribution in [-0.2, 0) is 10.5 Å². The Hall–Kier alpha value is -1.11. The van der Waals surface area contributed by atoms with Crippen molar-refractivity contribution in [2.75, 3.05) is 11.1 Å². The number of nitrogens with one attached hydrogen (secondary N) is 1. The lowest BCUT2D eigenvalue weighted by molar-refractivity contribution is -0.113. The third-order valence-corrected chi connectivity index (χ3v) is 5.24. The van der Waals surface area contributed by atoms with Crippen LogP contribution in [-0.4, -0.2) is 21.9 Å². The predicted molar refractivity (Wildman–Crippen MR) is 88.1 cm³/mol. The number of halogens is 1. The van der Waals surface area contributed by atoms with Crippen LogP contribution in [0.25, 0.3) is 0 Å². The molecule has 4 nitrogen and oxygen atoms in total. The molecular weight excluding hydrogens is 326 g/mol. The van der Waals surface area contributed by atoms with Gasteiger partial charge in [0.25, 0.3) is 0 Å². The van der Waals surface area contributed by atoms with Gasteiger partial charge in [0.1, 0.15) is 5.01 Å². The fourth-order valence-corrected chi connectivity index (χ4v) is 3.74. The van der Waals surface area contributed by atoms with Crippen molar-refractivity contribution in [2.24, 2.45) is 0 Å². The van der Waals surface area contributed by atoms with E-state index in [1.165, 1.54) is 24.2 Å². The highest BCUT2D eigenvalue weighted by molar-refractivity contribution is 7.99. The highest BCUT2D eigenvalue weighted by Gasteiger charge is 2.27. The van der Waals surface area contributed by atoms with E-state index in [-0.39, 0.29) is 5.91 Å². The van der Waals surface area contributed by atoms with E-state index < -0.39 is 0 Å². The average molecular weight is 340 g/mol. The summed E-state index contributed by atoms with van der Waals surface area (Å²) in [7, 11) is 0. The van der Waals surface area contributed by atoms with Gasteiger partial charge in [-0.1, -0.05) is 35.1 Å². The Kier molecular flexibility index (Phi) is 4.77. The molecule has 0 spiro atoms. The second kappa shape index (κ2) is 6.77. The van der Waals surface area contributed by atoms with Gasteiger partial charge in [0.2, 0.25) is 11.0 Å². The number of thioether (sulfide) groups is 1. The van der Waals surface area contributed by atoms with Crippen molar-refractivity contribution in [3.8, 4) is 0 Å². The summed E-state index contributed by atoms with van der Waals surface area (Å²) in [5, 5.41) is 13.3. The van der Waals surface area contributed by atoms with E-state index in [4.69, 9.17) is 11.6 Å². The van der Waals surface area contributed by atoms with Crippen molar-refractivity contribution in [1.82, 2.24) is 10.2 Å². The maximum Gasteiger partial charge on any atom is 0.236 e. The summed E-state index contributed by atoms with van der Waals surface area (Å²) >= 11 is 8.96. The second-order valence-corrected chi connectivity index (χ2v) is 7.32. The third kappa shape index (κ3) is 4.43. The summed E-state index contributed by atoms with van der Waals surface area (Å²) in [5.74, 6) is 1.69. The molecule has 3 rings (SSSR count). The number of rotatable bonds is 6. The molecular formula is C14H14ClN3OS2. The summed E-state index contributed by atoms with van der Waals surface area (Å²) in [5.41, 5.74) is 1.12. The van der Waals surface area contributed by atoms with Crippen molar-refractivity contribution in [1.29, 1.82) is 0 Å². The Morgan fingerprint density at radius 2 is 2.29 bits per heavy atom. The first kappa shape index (κ1) is 14.8. The quantitative estimate of drug-likeness (QED) is 0.866. The largest absolute Gasteiger partial charge is 0.300 e. The molecule has 1 saturated carbocycles. The van der Waals surface area contributed by atoms with E-state index in [0.29, 0.717) is 16.8 Å². The first-order valence-electron chi connectivity index (χ1n) is 6.66. The van der Waals surface area contributed by atoms with Gasteiger partial charge in [-0.25, -0.2) is 0 Å². The molecule has 1 aromatic carbocycles. The van der Waals surface area contributed by atoms with E-state index in [9.17, 15) is 4.79 Å². The van der Waals surface area contributed by atoms with Gasteiger partial charge >= 0.3 is 0 Å². The molecule has 0 aliphatic heterocycles. The highest BCUT2D eigenvalue weighted by Crippen LogP contribution is 2.42. The first-order valence-corrected chi connectivity index (χ1v) is 9.01. The molecule has 1 aliphatic rings. The van der Waals surface area contributed by atoms with Crippen LogP contribution in [0.4, 0.5) is 5.13 Å². The van der Waals surface area contributed by atoms with Gasteiger partial charge in [-0.05, 0) is 30.5 Å². The minimum Gasteiger partial charge on any atom is -0.300 e. The summed E-state index contributed by atoms with van der Waals surface area (Å²) in [6.07, 6.45) is 2.39. The third-order valence-electron chi connectivity index (χ3n) is 3.00. The molecule has 7 heteroatoms. The summed E-state index contributed by atoms with van der Waals surface area (Å²) in [4.78, 5) is 11.8. The maximum absolute atomic E-state index is 11.8. The second-order valence-electron chi connectivity index (χ2n) is 4.89. The summed E-state index contributed by atoms with van der Waals surface area (Å²) in [6, 6.07) is 7.68. The number of aromatic nitrogens is 2. The molecule has 1 aliphatic carbocycles. The lowest BCUT2D eigenvalue weighted by Crippen LogP contribution is -2.13. The summed E-state index contributed by atoms with van der Waals surface area (Å²) < 4.78 is 0. The molecule has 1 heterocycles. The average Bonchev–Trinajstić information content (AvgIpc) is 3.20. The Balaban J connectivity index is 1.43. The Bertz CT molecular complexity index is 643. The van der Waals surface area contributed by atoms with Crippen LogP contribution >= 0.6 is 34.7 Å². The monoisotopic (exact) mass is 339 g/mol. The molecule has 21 heavy (non-hydrogen) atoms. The van der Waals surface area contributed by atoms with Gasteiger partial charge in [0, 0.05) is 16.7 Å². The van der Waals surface area contributed by atoms with Crippen molar-refractivity contribution in [3.05, 3.63) is 39.9 Å². The molecule has 0 bridgehead atoms. The van der Waals surface area contributed by atoms with E-state index in [1.807, 2.05) is 24.3 Å². The lowest BCUT2D eigenvalue weighted by atomic mass is 10.2. The zero-order valence-corrected chi connectivity index (χ0v) is 13.6. The number of hydrogen-bond acceptors (Lipinski definition) is 5. The fraction of sp³-hybridized carbons (Fsp3) is 0.357.